The van der Waals surface area contributed by atoms with E-state index >= 15 is 0 Å². The molecule has 0 spiro atoms. The molecule has 0 radical (unpaired) electrons. The minimum Gasteiger partial charge on any atom is -1.00 e. The lowest BCUT2D eigenvalue weighted by Crippen LogP contribution is -3.00. The van der Waals surface area contributed by atoms with Gasteiger partial charge in [0.05, 0.1) is 0 Å². The predicted molar refractivity (Wildman–Crippen MR) is 91.5 cm³/mol. The molecule has 2 atom stereocenters. The fourth-order valence-corrected chi connectivity index (χ4v) is 2.44. The number of amides is 2. The summed E-state index contributed by atoms with van der Waals surface area (Å²) in [6.07, 6.45) is 0.549. The number of primary amides is 2. The maximum atomic E-state index is 12.3. The van der Waals surface area contributed by atoms with Crippen LogP contribution < -0.4 is 29.2 Å². The van der Waals surface area contributed by atoms with Crippen molar-refractivity contribution in [3.63, 3.8) is 0 Å². The van der Waals surface area contributed by atoms with E-state index in [9.17, 15) is 19.8 Å². The van der Waals surface area contributed by atoms with Gasteiger partial charge in [-0.25, -0.2) is 4.79 Å². The summed E-state index contributed by atoms with van der Waals surface area (Å²) >= 11 is 0. The van der Waals surface area contributed by atoms with Crippen LogP contribution in [0.4, 0.5) is 0 Å². The van der Waals surface area contributed by atoms with Gasteiger partial charge in [-0.2, -0.15) is 0 Å². The Balaban J connectivity index is 0.00000338. The van der Waals surface area contributed by atoms with Crippen molar-refractivity contribution in [3.8, 4) is 11.5 Å². The minimum absolute atomic E-state index is 0. The molecule has 0 saturated carbocycles. The molecule has 2 aromatic carbocycles. The largest absolute Gasteiger partial charge is 1.00 e. The number of rotatable bonds is 7. The molecule has 0 aromatic heterocycles. The standard InChI is InChI=1S/C18H21N3O4.ClH/c19-15(9-11-1-5-13(22)6-2-11)18(25)21-16(17(20)24)10-12-3-7-14(23)8-4-12;/h1-8,15-16,22-23H,9-10,19H2,(H2,20,24)(H,21,25);1H. The maximum Gasteiger partial charge on any atom is 0.328 e. The van der Waals surface area contributed by atoms with Crippen LogP contribution in [0.15, 0.2) is 48.5 Å². The maximum absolute atomic E-state index is 12.3. The Morgan fingerprint density at radius 2 is 1.31 bits per heavy atom. The molecule has 2 aromatic rings. The van der Waals surface area contributed by atoms with Gasteiger partial charge in [-0.3, -0.25) is 10.1 Å². The zero-order valence-electron chi connectivity index (χ0n) is 14.0. The number of phenolic OH excluding ortho intramolecular Hbond substituents is 2. The summed E-state index contributed by atoms with van der Waals surface area (Å²) < 4.78 is 0. The first-order valence-electron chi connectivity index (χ1n) is 7.84. The molecular weight excluding hydrogens is 358 g/mol. The van der Waals surface area contributed by atoms with Crippen LogP contribution in [0.2, 0.25) is 0 Å². The van der Waals surface area contributed by atoms with Gasteiger partial charge < -0.3 is 34.1 Å². The van der Waals surface area contributed by atoms with E-state index in [0.29, 0.717) is 6.42 Å². The van der Waals surface area contributed by atoms with Crippen molar-refractivity contribution in [3.05, 3.63) is 59.7 Å². The third-order valence-electron chi connectivity index (χ3n) is 3.88. The van der Waals surface area contributed by atoms with Crippen LogP contribution in [-0.2, 0) is 22.4 Å². The van der Waals surface area contributed by atoms with Crippen LogP contribution in [-0.4, -0.2) is 34.1 Å². The predicted octanol–water partition coefficient (Wildman–Crippen LogP) is -3.84. The zero-order chi connectivity index (χ0) is 18.4. The van der Waals surface area contributed by atoms with Gasteiger partial charge in [0.25, 0.3) is 5.91 Å². The van der Waals surface area contributed by atoms with Gasteiger partial charge in [-0.05, 0) is 35.4 Å². The molecule has 26 heavy (non-hydrogen) atoms. The number of aromatic hydroxyl groups is 2. The summed E-state index contributed by atoms with van der Waals surface area (Å²) in [7, 11) is 0. The Hall–Kier alpha value is -2.61. The summed E-state index contributed by atoms with van der Waals surface area (Å²) in [5.41, 5.74) is 12.9. The Morgan fingerprint density at radius 1 is 0.885 bits per heavy atom. The van der Waals surface area contributed by atoms with E-state index in [1.54, 1.807) is 24.3 Å². The molecule has 2 rings (SSSR count). The van der Waals surface area contributed by atoms with E-state index < -0.39 is 18.0 Å². The van der Waals surface area contributed by atoms with E-state index in [4.69, 9.17) is 11.5 Å². The molecule has 2 unspecified atom stereocenters. The first kappa shape index (κ1) is 21.4. The van der Waals surface area contributed by atoms with E-state index in [2.05, 4.69) is 0 Å². The highest BCUT2D eigenvalue weighted by atomic mass is 35.5. The highest BCUT2D eigenvalue weighted by Gasteiger charge is 2.27. The number of hydrogen-bond acceptors (Lipinski definition) is 5. The van der Waals surface area contributed by atoms with Crippen molar-refractivity contribution in [2.24, 2.45) is 11.5 Å². The highest BCUT2D eigenvalue weighted by molar-refractivity contribution is 5.81. The molecule has 7 nitrogen and oxygen atoms in total. The van der Waals surface area contributed by atoms with Crippen LogP contribution in [0.1, 0.15) is 11.1 Å². The monoisotopic (exact) mass is 379 g/mol. The topological polar surface area (TPSA) is 143 Å². The molecule has 8 N–H and O–H groups in total. The average molecular weight is 380 g/mol. The van der Waals surface area contributed by atoms with Crippen molar-refractivity contribution in [1.29, 1.82) is 0 Å². The smallest absolute Gasteiger partial charge is 0.328 e. The number of halogens is 1. The third-order valence-corrected chi connectivity index (χ3v) is 3.88. The molecule has 0 aliphatic rings. The quantitative estimate of drug-likeness (QED) is 0.335. The van der Waals surface area contributed by atoms with Gasteiger partial charge in [-0.1, -0.05) is 24.3 Å². The second kappa shape index (κ2) is 9.76. The van der Waals surface area contributed by atoms with Crippen molar-refractivity contribution in [1.82, 2.24) is 0 Å². The van der Waals surface area contributed by atoms with Crippen LogP contribution >= 0.6 is 0 Å². The van der Waals surface area contributed by atoms with E-state index in [-0.39, 0.29) is 36.2 Å². The Bertz CT molecular complexity index is 735. The Labute approximate surface area is 157 Å². The lowest BCUT2D eigenvalue weighted by molar-refractivity contribution is -0.593. The van der Waals surface area contributed by atoms with Gasteiger partial charge in [0, 0.05) is 12.8 Å². The molecule has 0 fully saturated rings. The average Bonchev–Trinajstić information content (AvgIpc) is 2.58. The normalized spacial score (nSPS) is 12.7. The van der Waals surface area contributed by atoms with Gasteiger partial charge in [0.1, 0.15) is 17.5 Å². The number of phenols is 2. The number of carbonyl (C=O) groups is 2. The van der Waals surface area contributed by atoms with Gasteiger partial charge >= 0.3 is 5.91 Å². The number of hydrogen-bond donors (Lipinski definition) is 5. The third kappa shape index (κ3) is 6.36. The highest BCUT2D eigenvalue weighted by Crippen LogP contribution is 2.11. The minimum atomic E-state index is -0.800. The molecule has 2 amide bonds. The first-order chi connectivity index (χ1) is 11.8. The summed E-state index contributed by atoms with van der Waals surface area (Å²) in [5.74, 6) is -0.720. The van der Waals surface area contributed by atoms with E-state index in [1.807, 2.05) is 0 Å². The van der Waals surface area contributed by atoms with Crippen LogP contribution in [0, 0.1) is 0 Å². The Morgan fingerprint density at radius 3 is 1.73 bits per heavy atom. The molecular formula is C18H22ClN3O4. The van der Waals surface area contributed by atoms with Crippen molar-refractivity contribution >= 4 is 11.8 Å². The summed E-state index contributed by atoms with van der Waals surface area (Å²) in [4.78, 5) is 23.9. The van der Waals surface area contributed by atoms with E-state index in [1.165, 1.54) is 29.6 Å². The number of benzene rings is 2. The van der Waals surface area contributed by atoms with Gasteiger partial charge in [0.15, 0.2) is 6.04 Å². The Kier molecular flexibility index (Phi) is 8.05. The van der Waals surface area contributed by atoms with Gasteiger partial charge in [-0.15, -0.1) is 0 Å². The SMILES string of the molecule is NC(=O)C(Cc1ccc(O)cc1)[NH2+]C(=O)C(N)Cc1ccc(O)cc1.[Cl-]. The lowest BCUT2D eigenvalue weighted by Gasteiger charge is -2.14. The molecule has 0 heterocycles. The summed E-state index contributed by atoms with van der Waals surface area (Å²) in [6, 6.07) is 11.2. The summed E-state index contributed by atoms with van der Waals surface area (Å²) in [6.45, 7) is 0. The fourth-order valence-electron chi connectivity index (χ4n) is 2.44. The lowest BCUT2D eigenvalue weighted by atomic mass is 10.0. The number of carbonyl (C=O) groups excluding carboxylic acids is 2. The van der Waals surface area contributed by atoms with E-state index in [0.717, 1.165) is 11.1 Å². The van der Waals surface area contributed by atoms with Crippen molar-refractivity contribution < 1.29 is 37.5 Å². The summed E-state index contributed by atoms with van der Waals surface area (Å²) in [5, 5.41) is 19.8. The van der Waals surface area contributed by atoms with Crippen LogP contribution in [0.3, 0.4) is 0 Å². The molecule has 0 aliphatic heterocycles. The molecule has 0 saturated heterocycles. The molecule has 8 heteroatoms. The van der Waals surface area contributed by atoms with Crippen LogP contribution in [0.25, 0.3) is 0 Å². The van der Waals surface area contributed by atoms with Crippen molar-refractivity contribution in [2.75, 3.05) is 0 Å². The number of quaternary nitrogens is 1. The molecule has 0 bridgehead atoms. The fraction of sp³-hybridized carbons (Fsp3) is 0.222. The second-order valence-corrected chi connectivity index (χ2v) is 5.93. The van der Waals surface area contributed by atoms with Gasteiger partial charge in [0.2, 0.25) is 0 Å². The zero-order valence-corrected chi connectivity index (χ0v) is 14.8. The van der Waals surface area contributed by atoms with Crippen LogP contribution in [0.5, 0.6) is 11.5 Å². The molecule has 140 valence electrons. The van der Waals surface area contributed by atoms with Crippen molar-refractivity contribution in [2.45, 2.75) is 24.9 Å². The first-order valence-corrected chi connectivity index (χ1v) is 7.84. The molecule has 0 aliphatic carbocycles. The second-order valence-electron chi connectivity index (χ2n) is 5.93. The number of nitrogens with two attached hydrogens (primary N) is 3.